The number of ether oxygens (including phenoxy) is 2. The zero-order valence-corrected chi connectivity index (χ0v) is 20.5. The van der Waals surface area contributed by atoms with E-state index in [4.69, 9.17) is 21.1 Å². The van der Waals surface area contributed by atoms with Gasteiger partial charge in [-0.15, -0.1) is 0 Å². The van der Waals surface area contributed by atoms with Gasteiger partial charge in [-0.05, 0) is 61.3 Å². The summed E-state index contributed by atoms with van der Waals surface area (Å²) in [4.78, 5) is 23.7. The van der Waals surface area contributed by atoms with Gasteiger partial charge < -0.3 is 14.6 Å². The number of aryl methyl sites for hydroxylation is 1. The molecule has 2 aromatic rings. The van der Waals surface area contributed by atoms with E-state index in [2.05, 4.69) is 21.0 Å². The molecule has 0 aliphatic heterocycles. The smallest absolute Gasteiger partial charge is 0.312 e. The van der Waals surface area contributed by atoms with Crippen molar-refractivity contribution in [1.29, 1.82) is 0 Å². The van der Waals surface area contributed by atoms with Crippen LogP contribution in [0.5, 0.6) is 5.75 Å². The maximum atomic E-state index is 12.6. The molecule has 0 amide bonds. The number of benzene rings is 2. The zero-order chi connectivity index (χ0) is 22.6. The largest absolute Gasteiger partial charge is 0.497 e. The lowest BCUT2D eigenvalue weighted by atomic mass is 10.2. The molecule has 0 heterocycles. The van der Waals surface area contributed by atoms with E-state index in [1.165, 1.54) is 25.3 Å². The molecule has 1 unspecified atom stereocenters. The van der Waals surface area contributed by atoms with Gasteiger partial charge in [-0.1, -0.05) is 17.7 Å². The first-order chi connectivity index (χ1) is 13.9. The van der Waals surface area contributed by atoms with Crippen LogP contribution in [-0.2, 0) is 9.53 Å². The van der Waals surface area contributed by atoms with E-state index < -0.39 is 24.6 Å². The van der Waals surface area contributed by atoms with E-state index in [0.29, 0.717) is 16.1 Å². The molecule has 0 aromatic heterocycles. The van der Waals surface area contributed by atoms with Crippen molar-refractivity contribution < 1.29 is 19.2 Å². The molecule has 1 atom stereocenters. The van der Waals surface area contributed by atoms with Crippen LogP contribution in [0.1, 0.15) is 26.3 Å². The molecule has 0 radical (unpaired) electrons. The minimum Gasteiger partial charge on any atom is -0.497 e. The fourth-order valence-electron chi connectivity index (χ4n) is 2.60. The van der Waals surface area contributed by atoms with Crippen molar-refractivity contribution in [2.24, 2.45) is 0 Å². The minimum absolute atomic E-state index is 0.0251. The number of carbonyl (C=O) groups is 1. The molecule has 0 saturated carbocycles. The van der Waals surface area contributed by atoms with Gasteiger partial charge in [0.05, 0.1) is 23.2 Å². The van der Waals surface area contributed by atoms with Crippen LogP contribution in [0.15, 0.2) is 34.8 Å². The van der Waals surface area contributed by atoms with Crippen molar-refractivity contribution >= 4 is 58.3 Å². The summed E-state index contributed by atoms with van der Waals surface area (Å²) in [6.07, 6.45) is -0.0251. The molecule has 0 fully saturated rings. The predicted octanol–water partition coefficient (Wildman–Crippen LogP) is 5.80. The van der Waals surface area contributed by atoms with E-state index >= 15 is 0 Å². The Kier molecular flexibility index (Phi) is 8.08. The monoisotopic (exact) mass is 516 g/mol. The number of hydrogen-bond donors (Lipinski definition) is 1. The molecule has 0 spiro atoms. The molecule has 0 saturated heterocycles. The van der Waals surface area contributed by atoms with Gasteiger partial charge in [0.1, 0.15) is 17.0 Å². The van der Waals surface area contributed by atoms with Gasteiger partial charge in [0, 0.05) is 30.0 Å². The van der Waals surface area contributed by atoms with Crippen molar-refractivity contribution in [2.45, 2.75) is 33.3 Å². The van der Waals surface area contributed by atoms with Crippen LogP contribution in [0.3, 0.4) is 0 Å². The number of esters is 1. The van der Waals surface area contributed by atoms with Crippen LogP contribution in [-0.4, -0.2) is 29.8 Å². The number of nitrogens with zero attached hydrogens (tertiary/aromatic N) is 1. The molecule has 0 aliphatic carbocycles. The summed E-state index contributed by atoms with van der Waals surface area (Å²) in [6, 6.07) is 7.98. The second-order valence-corrected chi connectivity index (χ2v) is 10.5. The molecule has 2 aromatic carbocycles. The molecule has 162 valence electrons. The number of halogens is 2. The summed E-state index contributed by atoms with van der Waals surface area (Å²) in [5.74, 6) is 0.0147. The summed E-state index contributed by atoms with van der Waals surface area (Å²) >= 11 is 10.0. The van der Waals surface area contributed by atoms with Gasteiger partial charge in [-0.2, -0.15) is 0 Å². The summed E-state index contributed by atoms with van der Waals surface area (Å²) in [5.41, 5.74) is 0.368. The second-order valence-electron chi connectivity index (χ2n) is 7.45. The number of rotatable bonds is 7. The number of nitro benzene ring substituents is 1. The maximum Gasteiger partial charge on any atom is 0.312 e. The maximum absolute atomic E-state index is 12.6. The number of nitro groups is 1. The molecule has 7 nitrogen and oxygen atoms in total. The number of methoxy groups -OCH3 is 1. The minimum atomic E-state index is -1.50. The summed E-state index contributed by atoms with van der Waals surface area (Å²) < 4.78 is 11.4. The van der Waals surface area contributed by atoms with E-state index in [1.807, 2.05) is 13.0 Å². The molecule has 0 bridgehead atoms. The molecule has 2 rings (SSSR count). The Morgan fingerprint density at radius 1 is 1.30 bits per heavy atom. The van der Waals surface area contributed by atoms with Crippen LogP contribution in [0.4, 0.5) is 11.4 Å². The van der Waals surface area contributed by atoms with Crippen molar-refractivity contribution in [2.75, 3.05) is 18.4 Å². The average molecular weight is 518 g/mol. The Morgan fingerprint density at radius 3 is 2.53 bits per heavy atom. The molecular weight excluding hydrogens is 495 g/mol. The number of nitrogens with one attached hydrogen (secondary N) is 1. The highest BCUT2D eigenvalue weighted by atomic mass is 79.9. The lowest BCUT2D eigenvalue weighted by Gasteiger charge is -2.25. The first-order valence-corrected chi connectivity index (χ1v) is 11.7. The lowest BCUT2D eigenvalue weighted by Crippen LogP contribution is -2.27. The van der Waals surface area contributed by atoms with Crippen molar-refractivity contribution in [1.82, 2.24) is 0 Å². The molecule has 0 aliphatic rings. The van der Waals surface area contributed by atoms with Crippen LogP contribution in [0.2, 0.25) is 5.02 Å². The highest BCUT2D eigenvalue weighted by Crippen LogP contribution is 2.44. The normalized spacial score (nSPS) is 12.2. The molecule has 1 N–H and O–H groups in total. The Labute approximate surface area is 190 Å². The van der Waals surface area contributed by atoms with Crippen molar-refractivity contribution in [3.05, 3.63) is 55.5 Å². The van der Waals surface area contributed by atoms with Gasteiger partial charge in [0.2, 0.25) is 0 Å². The van der Waals surface area contributed by atoms with Crippen molar-refractivity contribution in [3.8, 4) is 5.75 Å². The summed E-state index contributed by atoms with van der Waals surface area (Å²) in [5, 5.41) is 15.8. The third-order valence-corrected chi connectivity index (χ3v) is 7.76. The Bertz CT molecular complexity index is 965. The van der Waals surface area contributed by atoms with E-state index in [0.717, 1.165) is 10.0 Å². The summed E-state index contributed by atoms with van der Waals surface area (Å²) in [6.45, 7) is 7.24. The fourth-order valence-corrected chi connectivity index (χ4v) is 6.06. The fraction of sp³-hybridized carbons (Fsp3) is 0.350. The average Bonchev–Trinajstić information content (AvgIpc) is 2.63. The quantitative estimate of drug-likeness (QED) is 0.216. The highest BCUT2D eigenvalue weighted by molar-refractivity contribution is 9.10. The SMILES string of the molecule is COc1ccc([N+](=O)[O-])c(NP(CC(=O)OC(C)(C)C)c2c(Cl)ccc(C)c2Br)c1. The topological polar surface area (TPSA) is 90.7 Å². The molecular formula is C20H23BrClN2O5P. The predicted molar refractivity (Wildman–Crippen MR) is 124 cm³/mol. The number of hydrogen-bond acceptors (Lipinski definition) is 6. The van der Waals surface area contributed by atoms with Gasteiger partial charge in [0.25, 0.3) is 5.69 Å². The van der Waals surface area contributed by atoms with Crippen LogP contribution < -0.4 is 15.1 Å². The van der Waals surface area contributed by atoms with Gasteiger partial charge in [-0.25, -0.2) is 0 Å². The van der Waals surface area contributed by atoms with Crippen LogP contribution in [0.25, 0.3) is 0 Å². The second kappa shape index (κ2) is 9.94. The number of carbonyl (C=O) groups excluding carboxylic acids is 1. The Morgan fingerprint density at radius 2 is 1.97 bits per heavy atom. The zero-order valence-electron chi connectivity index (χ0n) is 17.3. The van der Waals surface area contributed by atoms with E-state index in [9.17, 15) is 14.9 Å². The summed E-state index contributed by atoms with van der Waals surface area (Å²) in [7, 11) is -0.0294. The van der Waals surface area contributed by atoms with Gasteiger partial charge >= 0.3 is 5.97 Å². The van der Waals surface area contributed by atoms with Gasteiger partial charge in [0.15, 0.2) is 0 Å². The first-order valence-electron chi connectivity index (χ1n) is 8.96. The third kappa shape index (κ3) is 6.30. The standard InChI is InChI=1S/C20H23BrClN2O5P/c1-12-6-8-14(22)19(18(12)21)30(11-17(25)29-20(2,3)4)23-15-10-13(28-5)7-9-16(15)24(26)27/h6-10,23H,11H2,1-5H3. The highest BCUT2D eigenvalue weighted by Gasteiger charge is 2.28. The van der Waals surface area contributed by atoms with Crippen molar-refractivity contribution in [3.63, 3.8) is 0 Å². The van der Waals surface area contributed by atoms with E-state index in [-0.39, 0.29) is 17.5 Å². The third-order valence-electron chi connectivity index (χ3n) is 3.89. The number of anilines is 1. The molecule has 30 heavy (non-hydrogen) atoms. The Hall–Kier alpha value is -1.89. The van der Waals surface area contributed by atoms with Crippen LogP contribution in [0, 0.1) is 17.0 Å². The lowest BCUT2D eigenvalue weighted by molar-refractivity contribution is -0.383. The van der Waals surface area contributed by atoms with Gasteiger partial charge in [-0.3, -0.25) is 14.9 Å². The Balaban J connectivity index is 2.54. The van der Waals surface area contributed by atoms with E-state index in [1.54, 1.807) is 26.8 Å². The molecule has 10 heteroatoms. The first kappa shape index (κ1) is 24.4. The van der Waals surface area contributed by atoms with Crippen LogP contribution >= 0.6 is 35.6 Å².